The number of methoxy groups -OCH3 is 1. The number of halogens is 3. The van der Waals surface area contributed by atoms with Crippen molar-refractivity contribution in [3.8, 4) is 22.6 Å². The Hall–Kier alpha value is -3.73. The number of rotatable bonds is 5. The summed E-state index contributed by atoms with van der Waals surface area (Å²) < 4.78 is 58.0. The lowest BCUT2D eigenvalue weighted by Gasteiger charge is -2.34. The molecule has 0 unspecified atom stereocenters. The molecule has 0 spiro atoms. The maximum absolute atomic E-state index is 14.2. The van der Waals surface area contributed by atoms with Crippen LogP contribution in [0.4, 0.5) is 18.0 Å². The average Bonchev–Trinajstić information content (AvgIpc) is 2.85. The first kappa shape index (κ1) is 25.4. The second kappa shape index (κ2) is 10.1. The highest BCUT2D eigenvalue weighted by Gasteiger charge is 2.40. The fraction of sp³-hybridized carbons (Fsp3) is 0.360. The number of hydrogen-bond donors (Lipinski definition) is 1. The van der Waals surface area contributed by atoms with E-state index in [1.54, 1.807) is 13.0 Å². The van der Waals surface area contributed by atoms with Crippen molar-refractivity contribution in [1.29, 1.82) is 0 Å². The molecule has 8 nitrogen and oxygen atoms in total. The fourth-order valence-corrected chi connectivity index (χ4v) is 4.28. The van der Waals surface area contributed by atoms with Gasteiger partial charge in [-0.25, -0.2) is 4.79 Å². The van der Waals surface area contributed by atoms with Crippen LogP contribution in [0.15, 0.2) is 45.6 Å². The quantitative estimate of drug-likeness (QED) is 0.546. The first-order valence-electron chi connectivity index (χ1n) is 11.3. The topological polar surface area (TPSA) is 92.5 Å². The number of carbonyl (C=O) groups excluding carboxylic acids is 1. The summed E-state index contributed by atoms with van der Waals surface area (Å²) in [6, 6.07) is 8.41. The molecule has 2 heterocycles. The summed E-state index contributed by atoms with van der Waals surface area (Å²) in [5.41, 5.74) is -1.87. The van der Waals surface area contributed by atoms with Crippen LogP contribution in [0.25, 0.3) is 22.1 Å². The summed E-state index contributed by atoms with van der Waals surface area (Å²) in [4.78, 5) is 28.8. The Kier molecular flexibility index (Phi) is 7.11. The minimum atomic E-state index is -4.99. The molecule has 1 aliphatic heterocycles. The Bertz CT molecular complexity index is 1330. The van der Waals surface area contributed by atoms with E-state index in [0.29, 0.717) is 26.2 Å². The molecule has 1 saturated heterocycles. The van der Waals surface area contributed by atoms with Gasteiger partial charge in [0.1, 0.15) is 17.1 Å². The van der Waals surface area contributed by atoms with Gasteiger partial charge in [-0.3, -0.25) is 9.69 Å². The lowest BCUT2D eigenvalue weighted by atomic mass is 9.99. The van der Waals surface area contributed by atoms with Crippen LogP contribution in [0.2, 0.25) is 0 Å². The lowest BCUT2D eigenvalue weighted by molar-refractivity contribution is -0.152. The molecule has 1 aliphatic rings. The van der Waals surface area contributed by atoms with E-state index in [4.69, 9.17) is 13.9 Å². The van der Waals surface area contributed by atoms with E-state index in [1.807, 2.05) is 4.90 Å². The van der Waals surface area contributed by atoms with Gasteiger partial charge in [-0.2, -0.15) is 13.2 Å². The molecule has 0 atom stereocenters. The molecule has 11 heteroatoms. The molecule has 192 valence electrons. The predicted octanol–water partition coefficient (Wildman–Crippen LogP) is 4.47. The van der Waals surface area contributed by atoms with Crippen LogP contribution >= 0.6 is 0 Å². The molecule has 1 amide bonds. The molecule has 0 bridgehead atoms. The number of phenols is 1. The summed E-state index contributed by atoms with van der Waals surface area (Å²) in [6.45, 7) is 3.46. The van der Waals surface area contributed by atoms with Gasteiger partial charge >= 0.3 is 12.3 Å². The third kappa shape index (κ3) is 4.83. The van der Waals surface area contributed by atoms with Gasteiger partial charge in [0.15, 0.2) is 0 Å². The van der Waals surface area contributed by atoms with Gasteiger partial charge in [-0.05, 0) is 25.1 Å². The van der Waals surface area contributed by atoms with Crippen LogP contribution in [0.3, 0.4) is 0 Å². The molecule has 3 aromatic rings. The van der Waals surface area contributed by atoms with E-state index >= 15 is 0 Å². The van der Waals surface area contributed by atoms with Crippen LogP contribution in [-0.4, -0.2) is 60.9 Å². The second-order valence-corrected chi connectivity index (χ2v) is 8.24. The highest BCUT2D eigenvalue weighted by atomic mass is 19.4. The van der Waals surface area contributed by atoms with Crippen molar-refractivity contribution >= 4 is 17.1 Å². The maximum Gasteiger partial charge on any atom is 0.450 e. The van der Waals surface area contributed by atoms with Crippen molar-refractivity contribution in [3.05, 3.63) is 57.9 Å². The Labute approximate surface area is 204 Å². The maximum atomic E-state index is 14.2. The number of ether oxygens (including phenoxy) is 2. The summed E-state index contributed by atoms with van der Waals surface area (Å²) in [5.74, 6) is -1.67. The number of phenolic OH excluding ortho intramolecular Hbond substituents is 1. The van der Waals surface area contributed by atoms with E-state index < -0.39 is 29.0 Å². The normalized spacial score (nSPS) is 14.8. The Balaban J connectivity index is 1.79. The molecule has 0 aliphatic carbocycles. The summed E-state index contributed by atoms with van der Waals surface area (Å²) in [7, 11) is 1.30. The SMILES string of the molecule is CCOC(=O)N1CCN(Cc2c(O)ccc3c(=O)c(-c4ccccc4OC)c(C(F)(F)F)oc23)CC1. The molecule has 0 saturated carbocycles. The number of nitrogens with zero attached hydrogens (tertiary/aromatic N) is 2. The van der Waals surface area contributed by atoms with Crippen LogP contribution in [0, 0.1) is 0 Å². The predicted molar refractivity (Wildman–Crippen MR) is 125 cm³/mol. The van der Waals surface area contributed by atoms with Gasteiger partial charge in [-0.1, -0.05) is 18.2 Å². The number of para-hydroxylation sites is 1. The van der Waals surface area contributed by atoms with Crippen molar-refractivity contribution < 1.29 is 37.0 Å². The van der Waals surface area contributed by atoms with Gasteiger partial charge in [-0.15, -0.1) is 0 Å². The summed E-state index contributed by atoms with van der Waals surface area (Å²) in [5, 5.41) is 10.4. The van der Waals surface area contributed by atoms with Crippen LogP contribution in [0.1, 0.15) is 18.2 Å². The minimum Gasteiger partial charge on any atom is -0.507 e. The minimum absolute atomic E-state index is 0.0219. The standard InChI is InChI=1S/C25H25F3N2O6/c1-3-35-24(33)30-12-10-29(11-13-30)14-17-18(31)9-8-16-21(32)20(15-6-4-5-7-19(15)34-2)23(25(26,27)28)36-22(16)17/h4-9,31H,3,10-14H2,1-2H3. The zero-order valence-electron chi connectivity index (χ0n) is 19.7. The molecular formula is C25H25F3N2O6. The van der Waals surface area contributed by atoms with Crippen LogP contribution < -0.4 is 10.2 Å². The average molecular weight is 506 g/mol. The molecular weight excluding hydrogens is 481 g/mol. The molecule has 0 radical (unpaired) electrons. The number of fused-ring (bicyclic) bond motifs is 1. The Morgan fingerprint density at radius 3 is 2.44 bits per heavy atom. The Morgan fingerprint density at radius 1 is 1.11 bits per heavy atom. The second-order valence-electron chi connectivity index (χ2n) is 8.24. The highest BCUT2D eigenvalue weighted by Crippen LogP contribution is 2.41. The van der Waals surface area contributed by atoms with Gasteiger partial charge in [0.2, 0.25) is 11.2 Å². The number of carbonyl (C=O) groups is 1. The number of hydrogen-bond acceptors (Lipinski definition) is 7. The van der Waals surface area contributed by atoms with Crippen molar-refractivity contribution in [1.82, 2.24) is 9.80 Å². The van der Waals surface area contributed by atoms with Crippen molar-refractivity contribution in [3.63, 3.8) is 0 Å². The number of amides is 1. The van der Waals surface area contributed by atoms with Crippen LogP contribution in [-0.2, 0) is 17.5 Å². The summed E-state index contributed by atoms with van der Waals surface area (Å²) in [6.07, 6.45) is -5.42. The van der Waals surface area contributed by atoms with Gasteiger partial charge in [0, 0.05) is 38.3 Å². The number of benzene rings is 2. The molecule has 1 aromatic heterocycles. The number of aromatic hydroxyl groups is 1. The monoisotopic (exact) mass is 506 g/mol. The molecule has 4 rings (SSSR count). The van der Waals surface area contributed by atoms with Gasteiger partial charge in [0.05, 0.1) is 30.2 Å². The number of alkyl halides is 3. The summed E-state index contributed by atoms with van der Waals surface area (Å²) >= 11 is 0. The molecule has 1 fully saturated rings. The lowest BCUT2D eigenvalue weighted by Crippen LogP contribution is -2.48. The Morgan fingerprint density at radius 2 is 1.81 bits per heavy atom. The van der Waals surface area contributed by atoms with Gasteiger partial charge < -0.3 is 23.9 Å². The molecule has 1 N–H and O–H groups in total. The fourth-order valence-electron chi connectivity index (χ4n) is 4.28. The largest absolute Gasteiger partial charge is 0.507 e. The van der Waals surface area contributed by atoms with E-state index in [-0.39, 0.29) is 46.7 Å². The first-order valence-corrected chi connectivity index (χ1v) is 11.3. The van der Waals surface area contributed by atoms with Crippen molar-refractivity contribution in [2.45, 2.75) is 19.6 Å². The van der Waals surface area contributed by atoms with E-state index in [1.165, 1.54) is 42.3 Å². The first-order chi connectivity index (χ1) is 17.2. The highest BCUT2D eigenvalue weighted by molar-refractivity contribution is 5.88. The van der Waals surface area contributed by atoms with E-state index in [9.17, 15) is 27.9 Å². The van der Waals surface area contributed by atoms with Crippen LogP contribution in [0.5, 0.6) is 11.5 Å². The smallest absolute Gasteiger partial charge is 0.450 e. The molecule has 36 heavy (non-hydrogen) atoms. The zero-order chi connectivity index (χ0) is 26.0. The third-order valence-corrected chi connectivity index (χ3v) is 6.05. The zero-order valence-corrected chi connectivity index (χ0v) is 19.7. The third-order valence-electron chi connectivity index (χ3n) is 6.05. The number of piperazine rings is 1. The van der Waals surface area contributed by atoms with Gasteiger partial charge in [0.25, 0.3) is 0 Å². The molecule has 2 aromatic carbocycles. The van der Waals surface area contributed by atoms with E-state index in [2.05, 4.69) is 0 Å². The van der Waals surface area contributed by atoms with E-state index in [0.717, 1.165) is 0 Å². The van der Waals surface area contributed by atoms with Crippen molar-refractivity contribution in [2.24, 2.45) is 0 Å². The van der Waals surface area contributed by atoms with Crippen molar-refractivity contribution in [2.75, 3.05) is 39.9 Å².